The van der Waals surface area contributed by atoms with Gasteiger partial charge < -0.3 is 15.8 Å². The number of nitrogen functional groups attached to an aromatic ring is 1. The zero-order valence-electron chi connectivity index (χ0n) is 9.01. The number of hydrogen-bond donors (Lipinski definition) is 2. The number of nitrogens with one attached hydrogen (secondary N) is 1. The molecule has 0 radical (unpaired) electrons. The number of rotatable bonds is 3. The van der Waals surface area contributed by atoms with Gasteiger partial charge in [0.2, 0.25) is 11.8 Å². The molecule has 0 amide bonds. The van der Waals surface area contributed by atoms with Gasteiger partial charge in [0, 0.05) is 12.1 Å². The Hall–Kier alpha value is -1.89. The van der Waals surface area contributed by atoms with Gasteiger partial charge in [-0.2, -0.15) is 4.98 Å². The molecule has 3 N–H and O–H groups in total. The van der Waals surface area contributed by atoms with Crippen LogP contribution >= 0.6 is 15.9 Å². The highest BCUT2D eigenvalue weighted by atomic mass is 79.9. The Bertz CT molecular complexity index is 496. The molecule has 7 heteroatoms. The predicted octanol–water partition coefficient (Wildman–Crippen LogP) is 1.97. The lowest BCUT2D eigenvalue weighted by Gasteiger charge is -2.06. The maximum Gasteiger partial charge on any atom is 0.230 e. The Morgan fingerprint density at radius 3 is 2.76 bits per heavy atom. The van der Waals surface area contributed by atoms with Crippen molar-refractivity contribution in [2.45, 2.75) is 0 Å². The number of methoxy groups -OCH3 is 1. The van der Waals surface area contributed by atoms with E-state index in [0.29, 0.717) is 22.2 Å². The number of halogens is 1. The summed E-state index contributed by atoms with van der Waals surface area (Å²) in [7, 11) is 1.56. The second-order valence-electron chi connectivity index (χ2n) is 3.15. The van der Waals surface area contributed by atoms with Crippen LogP contribution in [0, 0.1) is 0 Å². The molecule has 17 heavy (non-hydrogen) atoms. The Labute approximate surface area is 106 Å². The first-order valence-corrected chi connectivity index (χ1v) is 5.54. The van der Waals surface area contributed by atoms with Crippen LogP contribution in [0.2, 0.25) is 0 Å². The molecule has 0 spiro atoms. The Kier molecular flexibility index (Phi) is 3.38. The molecular formula is C10H10BrN5O. The molecule has 0 fully saturated rings. The van der Waals surface area contributed by atoms with Crippen molar-refractivity contribution in [3.63, 3.8) is 0 Å². The number of nitrogens with two attached hydrogens (primary N) is 1. The van der Waals surface area contributed by atoms with Crippen LogP contribution in [0.4, 0.5) is 17.5 Å². The summed E-state index contributed by atoms with van der Waals surface area (Å²) in [6, 6.07) is 5.17. The van der Waals surface area contributed by atoms with Gasteiger partial charge in [-0.1, -0.05) is 0 Å². The average Bonchev–Trinajstić information content (AvgIpc) is 2.28. The van der Waals surface area contributed by atoms with Crippen molar-refractivity contribution in [3.05, 3.63) is 29.0 Å². The van der Waals surface area contributed by atoms with Crippen molar-refractivity contribution in [1.82, 2.24) is 15.0 Å². The summed E-state index contributed by atoms with van der Waals surface area (Å²) in [4.78, 5) is 12.2. The van der Waals surface area contributed by atoms with Crippen LogP contribution in [-0.4, -0.2) is 22.1 Å². The van der Waals surface area contributed by atoms with E-state index >= 15 is 0 Å². The summed E-state index contributed by atoms with van der Waals surface area (Å²) < 4.78 is 5.58. The number of hydrogen-bond acceptors (Lipinski definition) is 6. The smallest absolute Gasteiger partial charge is 0.230 e. The molecule has 0 aliphatic rings. The van der Waals surface area contributed by atoms with E-state index in [1.165, 1.54) is 0 Å². The van der Waals surface area contributed by atoms with Crippen molar-refractivity contribution in [3.8, 4) is 5.88 Å². The van der Waals surface area contributed by atoms with E-state index in [2.05, 4.69) is 36.2 Å². The van der Waals surface area contributed by atoms with Gasteiger partial charge in [-0.05, 0) is 22.0 Å². The lowest BCUT2D eigenvalue weighted by atomic mass is 10.4. The van der Waals surface area contributed by atoms with Crippen LogP contribution in [0.3, 0.4) is 0 Å². The van der Waals surface area contributed by atoms with E-state index in [0.717, 1.165) is 5.69 Å². The minimum absolute atomic E-state index is 0.385. The van der Waals surface area contributed by atoms with Crippen molar-refractivity contribution >= 4 is 33.4 Å². The van der Waals surface area contributed by atoms with Gasteiger partial charge in [-0.15, -0.1) is 0 Å². The van der Waals surface area contributed by atoms with Crippen molar-refractivity contribution in [1.29, 1.82) is 0 Å². The topological polar surface area (TPSA) is 86.0 Å². The second kappa shape index (κ2) is 4.96. The number of pyridine rings is 1. The maximum absolute atomic E-state index is 5.60. The van der Waals surface area contributed by atoms with Crippen molar-refractivity contribution < 1.29 is 4.74 Å². The molecule has 6 nitrogen and oxygen atoms in total. The largest absolute Gasteiger partial charge is 0.481 e. The fourth-order valence-corrected chi connectivity index (χ4v) is 1.60. The van der Waals surface area contributed by atoms with E-state index in [9.17, 15) is 0 Å². The van der Waals surface area contributed by atoms with Gasteiger partial charge >= 0.3 is 0 Å². The summed E-state index contributed by atoms with van der Waals surface area (Å²) in [6.45, 7) is 0. The monoisotopic (exact) mass is 295 g/mol. The third-order valence-electron chi connectivity index (χ3n) is 1.92. The fraction of sp³-hybridized carbons (Fsp3) is 0.100. The summed E-state index contributed by atoms with van der Waals surface area (Å²) in [5.41, 5.74) is 6.36. The van der Waals surface area contributed by atoms with Gasteiger partial charge in [0.05, 0.1) is 19.0 Å². The highest BCUT2D eigenvalue weighted by Crippen LogP contribution is 2.17. The Morgan fingerprint density at radius 1 is 1.35 bits per heavy atom. The number of aromatic nitrogens is 3. The molecule has 0 aliphatic carbocycles. The molecule has 2 aromatic heterocycles. The summed E-state index contributed by atoms with van der Waals surface area (Å²) in [5.74, 6) is 1.34. The highest BCUT2D eigenvalue weighted by Gasteiger charge is 2.02. The summed E-state index contributed by atoms with van der Waals surface area (Å²) in [6.07, 6.45) is 1.62. The minimum atomic E-state index is 0.385. The van der Waals surface area contributed by atoms with Gasteiger partial charge in [0.25, 0.3) is 0 Å². The lowest BCUT2D eigenvalue weighted by Crippen LogP contribution is -2.01. The Morgan fingerprint density at radius 2 is 2.18 bits per heavy atom. The van der Waals surface area contributed by atoms with Gasteiger partial charge in [-0.25, -0.2) is 9.97 Å². The first-order chi connectivity index (χ1) is 8.17. The van der Waals surface area contributed by atoms with Crippen LogP contribution in [0.1, 0.15) is 0 Å². The van der Waals surface area contributed by atoms with Crippen LogP contribution in [0.25, 0.3) is 0 Å². The molecule has 0 aromatic carbocycles. The highest BCUT2D eigenvalue weighted by molar-refractivity contribution is 9.10. The quantitative estimate of drug-likeness (QED) is 0.842. The van der Waals surface area contributed by atoms with E-state index in [1.807, 2.05) is 6.07 Å². The zero-order valence-corrected chi connectivity index (χ0v) is 10.6. The molecule has 0 unspecified atom stereocenters. The molecule has 2 heterocycles. The minimum Gasteiger partial charge on any atom is -0.481 e. The van der Waals surface area contributed by atoms with Gasteiger partial charge in [0.1, 0.15) is 10.4 Å². The van der Waals surface area contributed by atoms with Crippen LogP contribution < -0.4 is 15.8 Å². The predicted molar refractivity (Wildman–Crippen MR) is 68.2 cm³/mol. The van der Waals surface area contributed by atoms with Crippen molar-refractivity contribution in [2.24, 2.45) is 0 Å². The number of anilines is 3. The van der Waals surface area contributed by atoms with E-state index in [4.69, 9.17) is 10.5 Å². The first-order valence-electron chi connectivity index (χ1n) is 4.74. The summed E-state index contributed by atoms with van der Waals surface area (Å²) in [5, 5.41) is 2.99. The van der Waals surface area contributed by atoms with E-state index in [1.54, 1.807) is 25.4 Å². The van der Waals surface area contributed by atoms with Crippen LogP contribution in [-0.2, 0) is 0 Å². The SMILES string of the molecule is COc1ccc(Nc2nc(N)cc(Br)n2)cn1. The second-order valence-corrected chi connectivity index (χ2v) is 3.97. The average molecular weight is 296 g/mol. The Balaban J connectivity index is 2.19. The molecule has 2 aromatic rings. The third kappa shape index (κ3) is 3.04. The first kappa shape index (κ1) is 11.6. The van der Waals surface area contributed by atoms with Crippen LogP contribution in [0.5, 0.6) is 5.88 Å². The third-order valence-corrected chi connectivity index (χ3v) is 2.32. The lowest BCUT2D eigenvalue weighted by molar-refractivity contribution is 0.398. The van der Waals surface area contributed by atoms with Crippen molar-refractivity contribution in [2.75, 3.05) is 18.2 Å². The molecule has 88 valence electrons. The van der Waals surface area contributed by atoms with Gasteiger partial charge in [-0.3, -0.25) is 0 Å². The fourth-order valence-electron chi connectivity index (χ4n) is 1.20. The number of ether oxygens (including phenoxy) is 1. The van der Waals surface area contributed by atoms with Crippen LogP contribution in [0.15, 0.2) is 29.0 Å². The summed E-state index contributed by atoms with van der Waals surface area (Å²) >= 11 is 3.24. The van der Waals surface area contributed by atoms with E-state index < -0.39 is 0 Å². The molecule has 0 atom stereocenters. The van der Waals surface area contributed by atoms with E-state index in [-0.39, 0.29) is 0 Å². The molecule has 0 aliphatic heterocycles. The molecule has 0 saturated heterocycles. The standard InChI is InChI=1S/C10H10BrN5O/c1-17-9-3-2-6(5-13-9)14-10-15-7(11)4-8(12)16-10/h2-5H,1H3,(H3,12,14,15,16). The number of nitrogens with zero attached hydrogens (tertiary/aromatic N) is 3. The maximum atomic E-state index is 5.60. The molecule has 0 bridgehead atoms. The normalized spacial score (nSPS) is 10.0. The molecular weight excluding hydrogens is 286 g/mol. The van der Waals surface area contributed by atoms with Gasteiger partial charge in [0.15, 0.2) is 0 Å². The molecule has 2 rings (SSSR count). The molecule has 0 saturated carbocycles. The zero-order chi connectivity index (χ0) is 12.3.